The van der Waals surface area contributed by atoms with Crippen LogP contribution in [0.5, 0.6) is 0 Å². The molecular formula is C18H21N3. The molecular weight excluding hydrogens is 258 g/mol. The van der Waals surface area contributed by atoms with E-state index in [4.69, 9.17) is 0 Å². The Morgan fingerprint density at radius 1 is 1.14 bits per heavy atom. The zero-order chi connectivity index (χ0) is 14.8. The second kappa shape index (κ2) is 5.60. The van der Waals surface area contributed by atoms with Crippen molar-refractivity contribution in [2.24, 2.45) is 0 Å². The minimum absolute atomic E-state index is 0.894. The van der Waals surface area contributed by atoms with Crippen molar-refractivity contribution in [2.75, 3.05) is 11.4 Å². The van der Waals surface area contributed by atoms with Gasteiger partial charge in [-0.1, -0.05) is 23.8 Å². The first-order valence-corrected chi connectivity index (χ1v) is 7.30. The van der Waals surface area contributed by atoms with E-state index in [0.29, 0.717) is 0 Å². The quantitative estimate of drug-likeness (QED) is 0.853. The smallest absolute Gasteiger partial charge is 0.0948 e. The molecule has 21 heavy (non-hydrogen) atoms. The molecule has 0 bridgehead atoms. The Balaban J connectivity index is 1.83. The predicted molar refractivity (Wildman–Crippen MR) is 87.4 cm³/mol. The highest BCUT2D eigenvalue weighted by Crippen LogP contribution is 2.28. The molecule has 2 aromatic rings. The molecule has 0 saturated heterocycles. The molecule has 3 rings (SSSR count). The molecule has 1 aliphatic heterocycles. The SMILES string of the molecule is Cc1cc(C)c(N2C=CC=C(Cn3ccnc3)C2)c(C)c1. The van der Waals surface area contributed by atoms with E-state index in [1.165, 1.54) is 28.0 Å². The Morgan fingerprint density at radius 3 is 2.57 bits per heavy atom. The number of allylic oxidation sites excluding steroid dienone is 2. The van der Waals surface area contributed by atoms with E-state index in [1.807, 2.05) is 18.7 Å². The topological polar surface area (TPSA) is 21.1 Å². The summed E-state index contributed by atoms with van der Waals surface area (Å²) in [6, 6.07) is 4.51. The van der Waals surface area contributed by atoms with E-state index in [-0.39, 0.29) is 0 Å². The molecule has 0 radical (unpaired) electrons. The van der Waals surface area contributed by atoms with E-state index in [1.54, 1.807) is 0 Å². The Hall–Kier alpha value is -2.29. The highest BCUT2D eigenvalue weighted by molar-refractivity contribution is 5.63. The summed E-state index contributed by atoms with van der Waals surface area (Å²) in [5, 5.41) is 0. The van der Waals surface area contributed by atoms with Crippen molar-refractivity contribution in [1.29, 1.82) is 0 Å². The number of hydrogen-bond acceptors (Lipinski definition) is 2. The van der Waals surface area contributed by atoms with Gasteiger partial charge in [-0.25, -0.2) is 4.98 Å². The van der Waals surface area contributed by atoms with Gasteiger partial charge in [0.15, 0.2) is 0 Å². The van der Waals surface area contributed by atoms with Crippen molar-refractivity contribution in [1.82, 2.24) is 9.55 Å². The van der Waals surface area contributed by atoms with Crippen LogP contribution in [0.25, 0.3) is 0 Å². The summed E-state index contributed by atoms with van der Waals surface area (Å²) in [5.41, 5.74) is 6.70. The molecule has 0 fully saturated rings. The summed E-state index contributed by atoms with van der Waals surface area (Å²) in [6.45, 7) is 8.36. The van der Waals surface area contributed by atoms with Gasteiger partial charge in [-0.15, -0.1) is 0 Å². The Kier molecular flexibility index (Phi) is 3.65. The largest absolute Gasteiger partial charge is 0.343 e. The van der Waals surface area contributed by atoms with Crippen molar-refractivity contribution in [3.05, 3.63) is 71.5 Å². The van der Waals surface area contributed by atoms with Crippen LogP contribution in [-0.4, -0.2) is 16.1 Å². The normalized spacial score (nSPS) is 14.4. The third-order valence-corrected chi connectivity index (χ3v) is 3.84. The number of aromatic nitrogens is 2. The maximum absolute atomic E-state index is 4.11. The van der Waals surface area contributed by atoms with Gasteiger partial charge in [-0.2, -0.15) is 0 Å². The van der Waals surface area contributed by atoms with Crippen molar-refractivity contribution in [3.8, 4) is 0 Å². The average molecular weight is 279 g/mol. The molecule has 1 aromatic heterocycles. The second-order valence-corrected chi connectivity index (χ2v) is 5.78. The number of anilines is 1. The Labute approximate surface area is 126 Å². The second-order valence-electron chi connectivity index (χ2n) is 5.78. The zero-order valence-electron chi connectivity index (χ0n) is 12.9. The van der Waals surface area contributed by atoms with Gasteiger partial charge >= 0.3 is 0 Å². The lowest BCUT2D eigenvalue weighted by atomic mass is 10.0. The van der Waals surface area contributed by atoms with Gasteiger partial charge in [0, 0.05) is 37.4 Å². The van der Waals surface area contributed by atoms with Crippen LogP contribution in [0.1, 0.15) is 16.7 Å². The maximum atomic E-state index is 4.11. The number of imidazole rings is 1. The molecule has 0 aliphatic carbocycles. The van der Waals surface area contributed by atoms with Gasteiger partial charge in [0.1, 0.15) is 0 Å². The molecule has 0 spiro atoms. The first-order chi connectivity index (χ1) is 10.1. The highest BCUT2D eigenvalue weighted by atomic mass is 15.1. The molecule has 3 heteroatoms. The molecule has 108 valence electrons. The molecule has 0 N–H and O–H groups in total. The number of hydrogen-bond donors (Lipinski definition) is 0. The lowest BCUT2D eigenvalue weighted by molar-refractivity contribution is 0.755. The Bertz CT molecular complexity index is 670. The van der Waals surface area contributed by atoms with Gasteiger partial charge < -0.3 is 9.47 Å². The van der Waals surface area contributed by atoms with Crippen LogP contribution >= 0.6 is 0 Å². The summed E-state index contributed by atoms with van der Waals surface area (Å²) < 4.78 is 2.11. The lowest BCUT2D eigenvalue weighted by Crippen LogP contribution is -2.24. The van der Waals surface area contributed by atoms with E-state index in [9.17, 15) is 0 Å². The van der Waals surface area contributed by atoms with Crippen LogP contribution < -0.4 is 4.90 Å². The van der Waals surface area contributed by atoms with Gasteiger partial charge in [-0.05, 0) is 43.5 Å². The van der Waals surface area contributed by atoms with Gasteiger partial charge in [0.25, 0.3) is 0 Å². The van der Waals surface area contributed by atoms with Gasteiger partial charge in [0.05, 0.1) is 6.33 Å². The van der Waals surface area contributed by atoms with Crippen LogP contribution in [0, 0.1) is 20.8 Å². The van der Waals surface area contributed by atoms with Crippen LogP contribution in [0.15, 0.2) is 54.8 Å². The fourth-order valence-corrected chi connectivity index (χ4v) is 3.10. The molecule has 3 nitrogen and oxygen atoms in total. The van der Waals surface area contributed by atoms with E-state index < -0.39 is 0 Å². The van der Waals surface area contributed by atoms with Crippen LogP contribution in [-0.2, 0) is 6.54 Å². The summed E-state index contributed by atoms with van der Waals surface area (Å²) in [4.78, 5) is 6.45. The first-order valence-electron chi connectivity index (χ1n) is 7.30. The summed E-state index contributed by atoms with van der Waals surface area (Å²) in [5.74, 6) is 0. The molecule has 1 aromatic carbocycles. The molecule has 0 atom stereocenters. The van der Waals surface area contributed by atoms with Gasteiger partial charge in [-0.3, -0.25) is 0 Å². The number of nitrogens with zero attached hydrogens (tertiary/aromatic N) is 3. The standard InChI is InChI=1S/C18H21N3/c1-14-9-15(2)18(16(3)10-14)21-7-4-5-17(12-21)11-20-8-6-19-13-20/h4-10,13H,11-12H2,1-3H3. The minimum atomic E-state index is 0.894. The fourth-order valence-electron chi connectivity index (χ4n) is 3.10. The highest BCUT2D eigenvalue weighted by Gasteiger charge is 2.14. The summed E-state index contributed by atoms with van der Waals surface area (Å²) in [6.07, 6.45) is 12.2. The number of rotatable bonds is 3. The van der Waals surface area contributed by atoms with Crippen LogP contribution in [0.4, 0.5) is 5.69 Å². The van der Waals surface area contributed by atoms with E-state index in [2.05, 4.69) is 65.7 Å². The van der Waals surface area contributed by atoms with Crippen molar-refractivity contribution < 1.29 is 0 Å². The first kappa shape index (κ1) is 13.7. The monoisotopic (exact) mass is 279 g/mol. The molecule has 2 heterocycles. The van der Waals surface area contributed by atoms with Gasteiger partial charge in [0.2, 0.25) is 0 Å². The summed E-state index contributed by atoms with van der Waals surface area (Å²) in [7, 11) is 0. The third-order valence-electron chi connectivity index (χ3n) is 3.84. The van der Waals surface area contributed by atoms with E-state index >= 15 is 0 Å². The van der Waals surface area contributed by atoms with E-state index in [0.717, 1.165) is 13.1 Å². The van der Waals surface area contributed by atoms with Crippen molar-refractivity contribution >= 4 is 5.69 Å². The molecule has 0 amide bonds. The van der Waals surface area contributed by atoms with Crippen molar-refractivity contribution in [2.45, 2.75) is 27.3 Å². The predicted octanol–water partition coefficient (Wildman–Crippen LogP) is 3.77. The average Bonchev–Trinajstić information content (AvgIpc) is 2.91. The minimum Gasteiger partial charge on any atom is -0.343 e. The summed E-state index contributed by atoms with van der Waals surface area (Å²) >= 11 is 0. The van der Waals surface area contributed by atoms with Crippen molar-refractivity contribution in [3.63, 3.8) is 0 Å². The zero-order valence-corrected chi connectivity index (χ0v) is 12.9. The molecule has 0 unspecified atom stereocenters. The molecule has 0 saturated carbocycles. The number of benzene rings is 1. The van der Waals surface area contributed by atoms with Crippen LogP contribution in [0.2, 0.25) is 0 Å². The Morgan fingerprint density at radius 2 is 1.90 bits per heavy atom. The fraction of sp³-hybridized carbons (Fsp3) is 0.278. The lowest BCUT2D eigenvalue weighted by Gasteiger charge is -2.28. The maximum Gasteiger partial charge on any atom is 0.0948 e. The molecule has 1 aliphatic rings. The van der Waals surface area contributed by atoms with Crippen LogP contribution in [0.3, 0.4) is 0 Å². The number of aryl methyl sites for hydroxylation is 3. The third kappa shape index (κ3) is 2.92.